The van der Waals surface area contributed by atoms with Crippen molar-refractivity contribution in [1.82, 2.24) is 14.2 Å². The average molecular weight is 887 g/mol. The Bertz CT molecular complexity index is 1970. The summed E-state index contributed by atoms with van der Waals surface area (Å²) in [4.78, 5) is 29.1. The highest BCUT2D eigenvalue weighted by Gasteiger charge is 2.65. The molecule has 1 unspecified atom stereocenters. The van der Waals surface area contributed by atoms with E-state index in [0.29, 0.717) is 11.5 Å². The van der Waals surface area contributed by atoms with Gasteiger partial charge in [-0.05, 0) is 91.2 Å². The summed E-state index contributed by atoms with van der Waals surface area (Å²) >= 11 is 1.85. The second kappa shape index (κ2) is 18.5. The number of hydrogen-bond donors (Lipinski definition) is 2. The number of H-pyrrole nitrogens is 1. The van der Waals surface area contributed by atoms with Crippen LogP contribution in [0.25, 0.3) is 0 Å². The number of nitrogens with one attached hydrogen (secondary N) is 1. The van der Waals surface area contributed by atoms with Crippen LogP contribution in [-0.4, -0.2) is 84.3 Å². The molecule has 0 saturated carbocycles. The van der Waals surface area contributed by atoms with E-state index in [9.17, 15) is 20.0 Å². The zero-order valence-electron chi connectivity index (χ0n) is 32.0. The van der Waals surface area contributed by atoms with Crippen LogP contribution in [0.4, 0.5) is 0 Å². The van der Waals surface area contributed by atoms with Gasteiger partial charge in [-0.3, -0.25) is 19.0 Å². The Labute approximate surface area is 336 Å². The standard InChI is InChI=1S/C40H48IN4O9P/c1-26(2)45(27(3)4)55(53-23-11-22-42)40(44-24-33(41)37(47)43-38(44)48)36(51-7)35(46)34(54-40)25-52-39(28-12-9-8-10-13-28,29-14-18-31(49-5)19-15-29)30-16-20-32(50-6)21-17-30/h8-10,12-21,24,26-27,34-36,46H,11,23,25H2,1-7H3,(H,43,47,48)/t34-,35-,36-,40+,55?/m1/s1. The molecule has 2 N–H and O–H groups in total. The minimum atomic E-state index is -2.07. The highest BCUT2D eigenvalue weighted by Crippen LogP contribution is 2.64. The van der Waals surface area contributed by atoms with Crippen molar-refractivity contribution in [2.24, 2.45) is 0 Å². The molecule has 0 bridgehead atoms. The number of hydrogen-bond acceptors (Lipinski definition) is 11. The lowest BCUT2D eigenvalue weighted by molar-refractivity contribution is -0.124. The number of aliphatic hydroxyl groups excluding tert-OH is 1. The molecule has 1 aliphatic rings. The van der Waals surface area contributed by atoms with E-state index in [1.165, 1.54) is 17.9 Å². The molecule has 2 heterocycles. The van der Waals surface area contributed by atoms with Crippen molar-refractivity contribution >= 4 is 30.9 Å². The molecule has 15 heteroatoms. The van der Waals surface area contributed by atoms with Crippen molar-refractivity contribution in [1.29, 1.82) is 5.26 Å². The van der Waals surface area contributed by atoms with Gasteiger partial charge in [0.05, 0.1) is 43.5 Å². The van der Waals surface area contributed by atoms with Gasteiger partial charge in [-0.2, -0.15) is 5.26 Å². The molecule has 5 rings (SSSR count). The fourth-order valence-corrected chi connectivity index (χ4v) is 10.3. The van der Waals surface area contributed by atoms with Gasteiger partial charge in [0.2, 0.25) is 5.47 Å². The number of aliphatic hydroxyl groups is 1. The van der Waals surface area contributed by atoms with Gasteiger partial charge in [0, 0.05) is 25.4 Å². The van der Waals surface area contributed by atoms with Crippen LogP contribution < -0.4 is 20.7 Å². The first kappa shape index (κ1) is 42.5. The average Bonchev–Trinajstić information content (AvgIpc) is 3.47. The van der Waals surface area contributed by atoms with Crippen LogP contribution in [0, 0.1) is 14.9 Å². The largest absolute Gasteiger partial charge is 0.497 e. The SMILES string of the molecule is COc1ccc(C(OC[C@H]2O[C@](n3cc(I)c(=O)[nH]c3=O)(P(OCCC#N)N(C(C)C)C(C)C)[C@H](OC)[C@@H]2O)(c2ccccc2)c2ccc(OC)cc2)cc1. The summed E-state index contributed by atoms with van der Waals surface area (Å²) in [5.74, 6) is 1.32. The number of methoxy groups -OCH3 is 3. The summed E-state index contributed by atoms with van der Waals surface area (Å²) in [6.07, 6.45) is -2.22. The number of ether oxygens (including phenoxy) is 5. The van der Waals surface area contributed by atoms with Crippen LogP contribution in [0.1, 0.15) is 50.8 Å². The Kier molecular flexibility index (Phi) is 14.3. The van der Waals surface area contributed by atoms with Gasteiger partial charge in [0.1, 0.15) is 35.4 Å². The van der Waals surface area contributed by atoms with Crippen molar-refractivity contribution < 1.29 is 33.3 Å². The van der Waals surface area contributed by atoms with Crippen molar-refractivity contribution in [3.05, 3.63) is 126 Å². The first-order chi connectivity index (χ1) is 26.4. The summed E-state index contributed by atoms with van der Waals surface area (Å²) in [7, 11) is 2.57. The van der Waals surface area contributed by atoms with Gasteiger partial charge in [0.25, 0.3) is 5.56 Å². The fourth-order valence-electron chi connectivity index (χ4n) is 7.13. The molecule has 1 fully saturated rings. The second-order valence-electron chi connectivity index (χ2n) is 13.5. The Balaban J connectivity index is 1.72. The zero-order chi connectivity index (χ0) is 39.9. The van der Waals surface area contributed by atoms with Gasteiger partial charge >= 0.3 is 5.69 Å². The van der Waals surface area contributed by atoms with Crippen LogP contribution in [-0.2, 0) is 29.8 Å². The molecular formula is C40H48IN4O9P. The lowest BCUT2D eigenvalue weighted by atomic mass is 9.80. The van der Waals surface area contributed by atoms with Crippen molar-refractivity contribution in [2.45, 2.75) is 75.6 Å². The van der Waals surface area contributed by atoms with E-state index in [0.717, 1.165) is 16.7 Å². The number of rotatable bonds is 17. The Hall–Kier alpha value is -3.65. The minimum Gasteiger partial charge on any atom is -0.497 e. The summed E-state index contributed by atoms with van der Waals surface area (Å²) < 4.78 is 41.4. The van der Waals surface area contributed by atoms with E-state index in [-0.39, 0.29) is 35.3 Å². The van der Waals surface area contributed by atoms with Gasteiger partial charge in [-0.25, -0.2) is 4.79 Å². The third kappa shape index (κ3) is 8.40. The molecule has 1 saturated heterocycles. The topological polar surface area (TPSA) is 158 Å². The molecule has 0 amide bonds. The molecule has 55 heavy (non-hydrogen) atoms. The van der Waals surface area contributed by atoms with E-state index in [4.69, 9.17) is 28.2 Å². The molecule has 294 valence electrons. The minimum absolute atomic E-state index is 0.0121. The van der Waals surface area contributed by atoms with Crippen molar-refractivity contribution in [2.75, 3.05) is 34.5 Å². The number of nitrogens with zero attached hydrogens (tertiary/aromatic N) is 3. The van der Waals surface area contributed by atoms with Gasteiger partial charge < -0.3 is 33.3 Å². The zero-order valence-corrected chi connectivity index (χ0v) is 35.0. The maximum atomic E-state index is 14.0. The Morgan fingerprint density at radius 1 is 0.945 bits per heavy atom. The van der Waals surface area contributed by atoms with Crippen LogP contribution in [0.15, 0.2) is 94.6 Å². The monoisotopic (exact) mass is 886 g/mol. The number of aromatic amines is 1. The van der Waals surface area contributed by atoms with E-state index in [2.05, 4.69) is 15.7 Å². The number of nitriles is 1. The summed E-state index contributed by atoms with van der Waals surface area (Å²) in [5.41, 5.74) is -2.10. The summed E-state index contributed by atoms with van der Waals surface area (Å²) in [6, 6.07) is 26.7. The van der Waals surface area contributed by atoms with E-state index in [1.54, 1.807) is 14.2 Å². The molecular weight excluding hydrogens is 838 g/mol. The molecule has 0 radical (unpaired) electrons. The van der Waals surface area contributed by atoms with Crippen LogP contribution in [0.3, 0.4) is 0 Å². The maximum absolute atomic E-state index is 14.0. The fraction of sp³-hybridized carbons (Fsp3) is 0.425. The molecule has 1 aliphatic heterocycles. The highest BCUT2D eigenvalue weighted by molar-refractivity contribution is 14.1. The predicted octanol–water partition coefficient (Wildman–Crippen LogP) is 5.91. The number of aromatic nitrogens is 2. The van der Waals surface area contributed by atoms with Gasteiger partial charge in [-0.1, -0.05) is 54.6 Å². The third-order valence-electron chi connectivity index (χ3n) is 9.49. The smallest absolute Gasteiger partial charge is 0.331 e. The summed E-state index contributed by atoms with van der Waals surface area (Å²) in [5, 5.41) is 21.8. The molecule has 13 nitrogen and oxygen atoms in total. The first-order valence-electron chi connectivity index (χ1n) is 17.9. The normalized spacial score (nSPS) is 20.5. The Morgan fingerprint density at radius 2 is 1.49 bits per heavy atom. The molecule has 0 aliphatic carbocycles. The molecule has 3 aromatic carbocycles. The molecule has 0 spiro atoms. The third-order valence-corrected chi connectivity index (χ3v) is 13.2. The van der Waals surface area contributed by atoms with E-state index >= 15 is 0 Å². The number of benzene rings is 3. The van der Waals surface area contributed by atoms with E-state index < -0.39 is 48.9 Å². The van der Waals surface area contributed by atoms with Crippen LogP contribution in [0.5, 0.6) is 11.5 Å². The van der Waals surface area contributed by atoms with Crippen LogP contribution >= 0.6 is 30.9 Å². The van der Waals surface area contributed by atoms with Crippen molar-refractivity contribution in [3.8, 4) is 17.6 Å². The van der Waals surface area contributed by atoms with Crippen LogP contribution in [0.2, 0.25) is 0 Å². The van der Waals surface area contributed by atoms with Gasteiger partial charge in [-0.15, -0.1) is 0 Å². The summed E-state index contributed by atoms with van der Waals surface area (Å²) in [6.45, 7) is 7.76. The van der Waals surface area contributed by atoms with Crippen molar-refractivity contribution in [3.63, 3.8) is 0 Å². The highest BCUT2D eigenvalue weighted by atomic mass is 127. The number of halogens is 1. The lowest BCUT2D eigenvalue weighted by Crippen LogP contribution is -2.55. The van der Waals surface area contributed by atoms with E-state index in [1.807, 2.05) is 129 Å². The molecule has 1 aromatic heterocycles. The molecule has 4 aromatic rings. The predicted molar refractivity (Wildman–Crippen MR) is 217 cm³/mol. The molecule has 5 atom stereocenters. The second-order valence-corrected chi connectivity index (χ2v) is 16.5. The lowest BCUT2D eigenvalue weighted by Gasteiger charge is -2.47. The quantitative estimate of drug-likeness (QED) is 0.0562. The van der Waals surface area contributed by atoms with Gasteiger partial charge in [0.15, 0.2) is 8.30 Å². The Morgan fingerprint density at radius 3 is 1.98 bits per heavy atom. The first-order valence-corrected chi connectivity index (χ1v) is 20.2. The maximum Gasteiger partial charge on any atom is 0.331 e.